The summed E-state index contributed by atoms with van der Waals surface area (Å²) in [7, 11) is 1.48. The van der Waals surface area contributed by atoms with Crippen molar-refractivity contribution in [3.8, 4) is 5.75 Å². The summed E-state index contributed by atoms with van der Waals surface area (Å²) >= 11 is 0. The lowest BCUT2D eigenvalue weighted by Crippen LogP contribution is -2.37. The Morgan fingerprint density at radius 3 is 2.86 bits per heavy atom. The van der Waals surface area contributed by atoms with Crippen LogP contribution in [-0.4, -0.2) is 46.4 Å². The fraction of sp³-hybridized carbons (Fsp3) is 0.421. The van der Waals surface area contributed by atoms with E-state index >= 15 is 0 Å². The summed E-state index contributed by atoms with van der Waals surface area (Å²) in [6.45, 7) is 1.87. The maximum atomic E-state index is 12.4. The minimum absolute atomic E-state index is 0.0628. The normalized spacial score (nSPS) is 21.5. The molecular weight excluding hydrogens is 366 g/mol. The van der Waals surface area contributed by atoms with Crippen LogP contribution in [0.5, 0.6) is 5.75 Å². The van der Waals surface area contributed by atoms with Crippen LogP contribution in [0.25, 0.3) is 0 Å². The summed E-state index contributed by atoms with van der Waals surface area (Å²) in [5.74, 6) is 0.0869. The second kappa shape index (κ2) is 8.41. The minimum atomic E-state index is -0.869. The lowest BCUT2D eigenvalue weighted by Gasteiger charge is -2.17. The molecule has 3 N–H and O–H groups in total. The number of carbonyl (C=O) groups excluding carboxylic acids is 1. The number of rotatable bonds is 6. The van der Waals surface area contributed by atoms with Crippen molar-refractivity contribution in [3.63, 3.8) is 0 Å². The number of aromatic nitrogens is 2. The number of hydrogen-bond donors (Lipinski definition) is 3. The highest BCUT2D eigenvalue weighted by Crippen LogP contribution is 2.27. The number of amides is 1. The highest BCUT2D eigenvalue weighted by Gasteiger charge is 2.35. The summed E-state index contributed by atoms with van der Waals surface area (Å²) in [6, 6.07) is 6.80. The van der Waals surface area contributed by atoms with Gasteiger partial charge >= 0.3 is 5.69 Å². The number of aryl methyl sites for hydroxylation is 1. The number of ether oxygens (including phenoxy) is 2. The first-order chi connectivity index (χ1) is 13.4. The van der Waals surface area contributed by atoms with Crippen LogP contribution in [0.1, 0.15) is 35.5 Å². The maximum Gasteiger partial charge on any atom is 0.330 e. The number of hydrogen-bond acceptors (Lipinski definition) is 6. The number of H-pyrrole nitrogens is 1. The molecule has 3 rings (SSSR count). The Morgan fingerprint density at radius 1 is 1.39 bits per heavy atom. The summed E-state index contributed by atoms with van der Waals surface area (Å²) < 4.78 is 12.2. The van der Waals surface area contributed by atoms with E-state index in [2.05, 4.69) is 10.3 Å². The fourth-order valence-corrected chi connectivity index (χ4v) is 3.18. The van der Waals surface area contributed by atoms with Gasteiger partial charge in [-0.1, -0.05) is 19.1 Å². The molecule has 3 atom stereocenters. The Hall–Kier alpha value is -2.91. The van der Waals surface area contributed by atoms with E-state index < -0.39 is 29.7 Å². The van der Waals surface area contributed by atoms with E-state index in [-0.39, 0.29) is 18.9 Å². The van der Waals surface area contributed by atoms with Crippen molar-refractivity contribution in [3.05, 3.63) is 62.4 Å². The third kappa shape index (κ3) is 4.00. The van der Waals surface area contributed by atoms with E-state index in [1.54, 1.807) is 31.2 Å². The van der Waals surface area contributed by atoms with Crippen molar-refractivity contribution < 1.29 is 19.4 Å². The van der Waals surface area contributed by atoms with Crippen LogP contribution in [0.3, 0.4) is 0 Å². The maximum absolute atomic E-state index is 12.4. The molecule has 0 aliphatic carbocycles. The summed E-state index contributed by atoms with van der Waals surface area (Å²) in [6.07, 6.45) is -0.195. The smallest absolute Gasteiger partial charge is 0.330 e. The first kappa shape index (κ1) is 19.8. The number of aliphatic hydroxyl groups is 1. The van der Waals surface area contributed by atoms with E-state index in [9.17, 15) is 19.5 Å². The van der Waals surface area contributed by atoms with Gasteiger partial charge in [-0.2, -0.15) is 0 Å². The van der Waals surface area contributed by atoms with Gasteiger partial charge in [-0.3, -0.25) is 19.1 Å². The van der Waals surface area contributed by atoms with Gasteiger partial charge in [0.2, 0.25) is 0 Å². The van der Waals surface area contributed by atoms with Crippen LogP contribution in [0.15, 0.2) is 40.1 Å². The predicted molar refractivity (Wildman–Crippen MR) is 101 cm³/mol. The molecule has 1 aliphatic rings. The lowest BCUT2D eigenvalue weighted by atomic mass is 10.1. The molecule has 0 bridgehead atoms. The number of para-hydroxylation sites is 1. The quantitative estimate of drug-likeness (QED) is 0.648. The molecule has 1 aliphatic heterocycles. The van der Waals surface area contributed by atoms with Crippen LogP contribution >= 0.6 is 0 Å². The first-order valence-corrected chi connectivity index (χ1v) is 9.03. The van der Waals surface area contributed by atoms with E-state index in [0.717, 1.165) is 0 Å². The van der Waals surface area contributed by atoms with Crippen molar-refractivity contribution in [1.82, 2.24) is 14.9 Å². The molecule has 1 saturated heterocycles. The van der Waals surface area contributed by atoms with Gasteiger partial charge in [0, 0.05) is 24.7 Å². The first-order valence-electron chi connectivity index (χ1n) is 9.03. The van der Waals surface area contributed by atoms with Crippen LogP contribution < -0.4 is 21.3 Å². The molecule has 1 aromatic heterocycles. The average molecular weight is 389 g/mol. The van der Waals surface area contributed by atoms with Crippen LogP contribution in [0, 0.1) is 0 Å². The SMILES string of the molecule is CCc1cn([C@H]2C[C@H](O)[C@@H](CNC(=O)c3ccccc3OC)O2)c(=O)[nH]c1=O. The molecule has 28 heavy (non-hydrogen) atoms. The Balaban J connectivity index is 1.69. The number of benzene rings is 1. The molecule has 2 aromatic rings. The molecule has 9 nitrogen and oxygen atoms in total. The standard InChI is InChI=1S/C19H23N3O6/c1-3-11-10-22(19(26)21-17(11)24)16-8-13(23)15(28-16)9-20-18(25)12-6-4-5-7-14(12)27-2/h4-7,10,13,15-16,23H,3,8-9H2,1-2H3,(H,20,25)(H,21,24,26)/t13-,15+,16+/m0/s1. The van der Waals surface area contributed by atoms with Crippen molar-refractivity contribution in [2.75, 3.05) is 13.7 Å². The van der Waals surface area contributed by atoms with Gasteiger partial charge < -0.3 is 19.9 Å². The number of nitrogens with zero attached hydrogens (tertiary/aromatic N) is 1. The Labute approximate surface area is 160 Å². The third-order valence-corrected chi connectivity index (χ3v) is 4.75. The van der Waals surface area contributed by atoms with E-state index in [0.29, 0.717) is 23.3 Å². The molecule has 1 amide bonds. The zero-order valence-corrected chi connectivity index (χ0v) is 15.7. The monoisotopic (exact) mass is 389 g/mol. The fourth-order valence-electron chi connectivity index (χ4n) is 3.18. The highest BCUT2D eigenvalue weighted by molar-refractivity contribution is 5.96. The van der Waals surface area contributed by atoms with Crippen molar-refractivity contribution in [2.24, 2.45) is 0 Å². The number of nitrogens with one attached hydrogen (secondary N) is 2. The molecule has 150 valence electrons. The number of methoxy groups -OCH3 is 1. The number of aromatic amines is 1. The third-order valence-electron chi connectivity index (χ3n) is 4.75. The van der Waals surface area contributed by atoms with Gasteiger partial charge in [0.1, 0.15) is 18.1 Å². The highest BCUT2D eigenvalue weighted by atomic mass is 16.5. The Bertz CT molecular complexity index is 967. The van der Waals surface area contributed by atoms with Gasteiger partial charge in [0.15, 0.2) is 0 Å². The number of aliphatic hydroxyl groups excluding tert-OH is 1. The summed E-state index contributed by atoms with van der Waals surface area (Å²) in [4.78, 5) is 38.5. The van der Waals surface area contributed by atoms with Gasteiger partial charge in [-0.05, 0) is 18.6 Å². The van der Waals surface area contributed by atoms with Gasteiger partial charge in [0.05, 0.1) is 18.8 Å². The summed E-state index contributed by atoms with van der Waals surface area (Å²) in [5.41, 5.74) is -0.204. The van der Waals surface area contributed by atoms with Crippen LogP contribution in [0.4, 0.5) is 0 Å². The molecule has 9 heteroatoms. The van der Waals surface area contributed by atoms with Gasteiger partial charge in [-0.15, -0.1) is 0 Å². The topological polar surface area (TPSA) is 123 Å². The average Bonchev–Trinajstić information content (AvgIpc) is 3.06. The molecule has 0 unspecified atom stereocenters. The Morgan fingerprint density at radius 2 is 2.14 bits per heavy atom. The van der Waals surface area contributed by atoms with E-state index in [1.165, 1.54) is 17.9 Å². The zero-order chi connectivity index (χ0) is 20.3. The molecule has 1 aromatic carbocycles. The van der Waals surface area contributed by atoms with Crippen LogP contribution in [0.2, 0.25) is 0 Å². The van der Waals surface area contributed by atoms with Gasteiger partial charge in [0.25, 0.3) is 11.5 Å². The second-order valence-corrected chi connectivity index (χ2v) is 6.52. The van der Waals surface area contributed by atoms with Gasteiger partial charge in [-0.25, -0.2) is 4.79 Å². The van der Waals surface area contributed by atoms with E-state index in [1.807, 2.05) is 0 Å². The van der Waals surface area contributed by atoms with Crippen molar-refractivity contribution in [1.29, 1.82) is 0 Å². The molecule has 0 spiro atoms. The molecular formula is C19H23N3O6. The Kier molecular flexibility index (Phi) is 5.96. The second-order valence-electron chi connectivity index (χ2n) is 6.52. The minimum Gasteiger partial charge on any atom is -0.496 e. The van der Waals surface area contributed by atoms with Crippen molar-refractivity contribution in [2.45, 2.75) is 38.2 Å². The summed E-state index contributed by atoms with van der Waals surface area (Å²) in [5, 5.41) is 13.0. The molecule has 0 saturated carbocycles. The number of carbonyl (C=O) groups is 1. The molecule has 1 fully saturated rings. The van der Waals surface area contributed by atoms with Crippen LogP contribution in [-0.2, 0) is 11.2 Å². The van der Waals surface area contributed by atoms with Crippen molar-refractivity contribution >= 4 is 5.91 Å². The molecule has 2 heterocycles. The lowest BCUT2D eigenvalue weighted by molar-refractivity contribution is -0.0187. The predicted octanol–water partition coefficient (Wildman–Crippen LogP) is 0.186. The largest absolute Gasteiger partial charge is 0.496 e. The zero-order valence-electron chi connectivity index (χ0n) is 15.7. The van der Waals surface area contributed by atoms with E-state index in [4.69, 9.17) is 9.47 Å². The molecule has 0 radical (unpaired) electrons.